The molecule has 3 rings (SSSR count). The lowest BCUT2D eigenvalue weighted by Crippen LogP contribution is -2.40. The summed E-state index contributed by atoms with van der Waals surface area (Å²) in [6.45, 7) is 2.67. The SMILES string of the molecule is O=C(NCc1cccc(COCc2ccccc2)c1)C1CCCN1. The van der Waals surface area contributed by atoms with Gasteiger partial charge in [0, 0.05) is 6.54 Å². The van der Waals surface area contributed by atoms with Crippen LogP contribution in [0.15, 0.2) is 54.6 Å². The van der Waals surface area contributed by atoms with E-state index in [1.165, 1.54) is 5.56 Å². The normalized spacial score (nSPS) is 16.9. The first-order chi connectivity index (χ1) is 11.8. The van der Waals surface area contributed by atoms with Crippen LogP contribution in [0, 0.1) is 0 Å². The maximum atomic E-state index is 12.0. The number of ether oxygens (including phenoxy) is 1. The number of nitrogens with one attached hydrogen (secondary N) is 2. The Morgan fingerprint density at radius 3 is 2.58 bits per heavy atom. The van der Waals surface area contributed by atoms with E-state index in [1.54, 1.807) is 0 Å². The molecule has 2 aromatic rings. The number of hydrogen-bond acceptors (Lipinski definition) is 3. The number of carbonyl (C=O) groups is 1. The maximum Gasteiger partial charge on any atom is 0.237 e. The number of amides is 1. The summed E-state index contributed by atoms with van der Waals surface area (Å²) in [5, 5.41) is 6.22. The second kappa shape index (κ2) is 8.62. The van der Waals surface area contributed by atoms with Crippen LogP contribution in [0.1, 0.15) is 29.5 Å². The molecule has 2 N–H and O–H groups in total. The molecule has 0 radical (unpaired) electrons. The summed E-state index contributed by atoms with van der Waals surface area (Å²) in [6, 6.07) is 18.3. The van der Waals surface area contributed by atoms with Crippen molar-refractivity contribution in [2.45, 2.75) is 38.6 Å². The van der Waals surface area contributed by atoms with Gasteiger partial charge in [-0.3, -0.25) is 4.79 Å². The van der Waals surface area contributed by atoms with Crippen LogP contribution < -0.4 is 10.6 Å². The fourth-order valence-corrected chi connectivity index (χ4v) is 2.91. The smallest absolute Gasteiger partial charge is 0.237 e. The average Bonchev–Trinajstić information content (AvgIpc) is 3.16. The van der Waals surface area contributed by atoms with E-state index >= 15 is 0 Å². The van der Waals surface area contributed by atoms with Gasteiger partial charge in [0.1, 0.15) is 0 Å². The van der Waals surface area contributed by atoms with E-state index < -0.39 is 0 Å². The lowest BCUT2D eigenvalue weighted by atomic mass is 10.1. The Hall–Kier alpha value is -2.17. The first kappa shape index (κ1) is 16.7. The van der Waals surface area contributed by atoms with Gasteiger partial charge in [-0.1, -0.05) is 54.6 Å². The Bertz CT molecular complexity index is 652. The summed E-state index contributed by atoms with van der Waals surface area (Å²) in [4.78, 5) is 12.0. The molecule has 1 unspecified atom stereocenters. The first-order valence-electron chi connectivity index (χ1n) is 8.52. The summed E-state index contributed by atoms with van der Waals surface area (Å²) < 4.78 is 5.77. The summed E-state index contributed by atoms with van der Waals surface area (Å²) in [6.07, 6.45) is 2.01. The van der Waals surface area contributed by atoms with Gasteiger partial charge < -0.3 is 15.4 Å². The summed E-state index contributed by atoms with van der Waals surface area (Å²) in [5.41, 5.74) is 3.39. The van der Waals surface area contributed by atoms with Crippen LogP contribution in [0.5, 0.6) is 0 Å². The minimum Gasteiger partial charge on any atom is -0.372 e. The van der Waals surface area contributed by atoms with Crippen molar-refractivity contribution in [2.24, 2.45) is 0 Å². The average molecular weight is 324 g/mol. The highest BCUT2D eigenvalue weighted by molar-refractivity contribution is 5.81. The summed E-state index contributed by atoms with van der Waals surface area (Å²) in [5.74, 6) is 0.0956. The molecule has 1 aliphatic rings. The lowest BCUT2D eigenvalue weighted by Gasteiger charge is -2.12. The molecule has 1 amide bonds. The van der Waals surface area contributed by atoms with E-state index in [9.17, 15) is 4.79 Å². The van der Waals surface area contributed by atoms with Gasteiger partial charge in [-0.15, -0.1) is 0 Å². The quantitative estimate of drug-likeness (QED) is 0.823. The van der Waals surface area contributed by atoms with Crippen molar-refractivity contribution in [3.05, 3.63) is 71.3 Å². The zero-order valence-electron chi connectivity index (χ0n) is 13.8. The van der Waals surface area contributed by atoms with E-state index in [0.29, 0.717) is 19.8 Å². The third-order valence-corrected chi connectivity index (χ3v) is 4.22. The van der Waals surface area contributed by atoms with Crippen LogP contribution in [0.25, 0.3) is 0 Å². The largest absolute Gasteiger partial charge is 0.372 e. The summed E-state index contributed by atoms with van der Waals surface area (Å²) in [7, 11) is 0. The van der Waals surface area contributed by atoms with Crippen LogP contribution in [0.3, 0.4) is 0 Å². The van der Waals surface area contributed by atoms with Gasteiger partial charge in [-0.25, -0.2) is 0 Å². The minimum atomic E-state index is -0.0256. The molecule has 1 fully saturated rings. The van der Waals surface area contributed by atoms with Gasteiger partial charge in [-0.05, 0) is 36.1 Å². The fourth-order valence-electron chi connectivity index (χ4n) is 2.91. The molecule has 1 aliphatic heterocycles. The van der Waals surface area contributed by atoms with Gasteiger partial charge >= 0.3 is 0 Å². The van der Waals surface area contributed by atoms with E-state index in [0.717, 1.165) is 30.5 Å². The van der Waals surface area contributed by atoms with Crippen molar-refractivity contribution in [1.29, 1.82) is 0 Å². The van der Waals surface area contributed by atoms with Gasteiger partial charge in [0.2, 0.25) is 5.91 Å². The van der Waals surface area contributed by atoms with Crippen molar-refractivity contribution < 1.29 is 9.53 Å². The molecule has 0 spiro atoms. The van der Waals surface area contributed by atoms with Gasteiger partial charge in [0.25, 0.3) is 0 Å². The molecule has 1 saturated heterocycles. The van der Waals surface area contributed by atoms with Crippen molar-refractivity contribution in [2.75, 3.05) is 6.54 Å². The van der Waals surface area contributed by atoms with Gasteiger partial charge in [-0.2, -0.15) is 0 Å². The molecular formula is C20H24N2O2. The Labute approximate surface area is 143 Å². The predicted octanol–water partition coefficient (Wildman–Crippen LogP) is 2.77. The number of hydrogen-bond donors (Lipinski definition) is 2. The van der Waals surface area contributed by atoms with Crippen molar-refractivity contribution >= 4 is 5.91 Å². The van der Waals surface area contributed by atoms with E-state index in [2.05, 4.69) is 34.9 Å². The molecule has 126 valence electrons. The topological polar surface area (TPSA) is 50.4 Å². The predicted molar refractivity (Wildman–Crippen MR) is 94.2 cm³/mol. The lowest BCUT2D eigenvalue weighted by molar-refractivity contribution is -0.122. The van der Waals surface area contributed by atoms with Crippen LogP contribution in [0.2, 0.25) is 0 Å². The molecule has 4 heteroatoms. The zero-order valence-corrected chi connectivity index (χ0v) is 13.8. The molecule has 0 bridgehead atoms. The van der Waals surface area contributed by atoms with Crippen LogP contribution in [-0.2, 0) is 29.3 Å². The molecular weight excluding hydrogens is 300 g/mol. The molecule has 4 nitrogen and oxygen atoms in total. The number of carbonyl (C=O) groups excluding carboxylic acids is 1. The highest BCUT2D eigenvalue weighted by Crippen LogP contribution is 2.10. The Morgan fingerprint density at radius 1 is 1.04 bits per heavy atom. The zero-order chi connectivity index (χ0) is 16.6. The minimum absolute atomic E-state index is 0.0256. The monoisotopic (exact) mass is 324 g/mol. The summed E-state index contributed by atoms with van der Waals surface area (Å²) >= 11 is 0. The molecule has 1 heterocycles. The highest BCUT2D eigenvalue weighted by Gasteiger charge is 2.21. The van der Waals surface area contributed by atoms with Crippen molar-refractivity contribution in [3.8, 4) is 0 Å². The van der Waals surface area contributed by atoms with E-state index in [1.807, 2.05) is 30.3 Å². The second-order valence-electron chi connectivity index (χ2n) is 6.17. The Kier molecular flexibility index (Phi) is 5.99. The molecule has 0 aliphatic carbocycles. The standard InChI is InChI=1S/C20H24N2O2/c23-20(19-10-5-11-21-19)22-13-17-8-4-9-18(12-17)15-24-14-16-6-2-1-3-7-16/h1-4,6-9,12,19,21H,5,10-11,13-15H2,(H,22,23). The Balaban J connectivity index is 1.46. The van der Waals surface area contributed by atoms with Crippen molar-refractivity contribution in [1.82, 2.24) is 10.6 Å². The van der Waals surface area contributed by atoms with E-state index in [-0.39, 0.29) is 11.9 Å². The Morgan fingerprint density at radius 2 is 1.79 bits per heavy atom. The molecule has 2 aromatic carbocycles. The molecule has 0 aromatic heterocycles. The first-order valence-corrected chi connectivity index (χ1v) is 8.52. The highest BCUT2D eigenvalue weighted by atomic mass is 16.5. The number of benzene rings is 2. The van der Waals surface area contributed by atoms with E-state index in [4.69, 9.17) is 4.74 Å². The van der Waals surface area contributed by atoms with Gasteiger partial charge in [0.15, 0.2) is 0 Å². The third kappa shape index (κ3) is 4.91. The maximum absolute atomic E-state index is 12.0. The molecule has 24 heavy (non-hydrogen) atoms. The van der Waals surface area contributed by atoms with Crippen LogP contribution >= 0.6 is 0 Å². The van der Waals surface area contributed by atoms with Gasteiger partial charge in [0.05, 0.1) is 19.3 Å². The molecule has 0 saturated carbocycles. The second-order valence-corrected chi connectivity index (χ2v) is 6.17. The number of rotatable bonds is 7. The third-order valence-electron chi connectivity index (χ3n) is 4.22. The molecule has 1 atom stereocenters. The van der Waals surface area contributed by atoms with Crippen molar-refractivity contribution in [3.63, 3.8) is 0 Å². The van der Waals surface area contributed by atoms with Crippen LogP contribution in [-0.4, -0.2) is 18.5 Å². The van der Waals surface area contributed by atoms with Crippen LogP contribution in [0.4, 0.5) is 0 Å². The fraction of sp³-hybridized carbons (Fsp3) is 0.350.